The Morgan fingerprint density at radius 2 is 1.55 bits per heavy atom. The summed E-state index contributed by atoms with van der Waals surface area (Å²) in [6.45, 7) is 0. The van der Waals surface area contributed by atoms with E-state index in [0.717, 1.165) is 17.9 Å². The first-order chi connectivity index (χ1) is 9.83. The molecule has 0 aromatic heterocycles. The van der Waals surface area contributed by atoms with E-state index in [-0.39, 0.29) is 0 Å². The topological polar surface area (TPSA) is 26.0 Å². The summed E-state index contributed by atoms with van der Waals surface area (Å²) >= 11 is 1.88. The van der Waals surface area contributed by atoms with Crippen LogP contribution in [-0.2, 0) is 6.42 Å². The van der Waals surface area contributed by atoms with Crippen molar-refractivity contribution in [2.45, 2.75) is 11.3 Å². The maximum absolute atomic E-state index is 5.97. The number of para-hydroxylation sites is 1. The van der Waals surface area contributed by atoms with Crippen molar-refractivity contribution in [1.29, 1.82) is 0 Å². The molecule has 0 unspecified atom stereocenters. The number of hydrogen-bond donors (Lipinski definition) is 1. The van der Waals surface area contributed by atoms with Gasteiger partial charge in [-0.1, -0.05) is 48.5 Å². The summed E-state index contributed by atoms with van der Waals surface area (Å²) < 4.78 is 0. The highest BCUT2D eigenvalue weighted by Gasteiger charge is 2.00. The molecule has 0 aliphatic heterocycles. The minimum atomic E-state index is 0.895. The molecular weight excluding hydrogens is 262 g/mol. The Balaban J connectivity index is 1.67. The second-order valence-electron chi connectivity index (χ2n) is 4.81. The summed E-state index contributed by atoms with van der Waals surface area (Å²) in [6, 6.07) is 23.2. The molecular formula is C18H17NS. The Morgan fingerprint density at radius 3 is 2.40 bits per heavy atom. The Hall–Kier alpha value is -1.93. The normalized spacial score (nSPS) is 10.8. The van der Waals surface area contributed by atoms with E-state index in [0.29, 0.717) is 0 Å². The van der Waals surface area contributed by atoms with Gasteiger partial charge in [0.2, 0.25) is 0 Å². The molecule has 0 fully saturated rings. The van der Waals surface area contributed by atoms with Gasteiger partial charge in [0.05, 0.1) is 0 Å². The summed E-state index contributed by atoms with van der Waals surface area (Å²) in [5.41, 5.74) is 8.10. The van der Waals surface area contributed by atoms with Gasteiger partial charge in [-0.05, 0) is 41.0 Å². The SMILES string of the molecule is Nc1ccccc1CCSc1ccc2ccccc2c1. The number of nitrogens with two attached hydrogens (primary N) is 1. The Bertz CT molecular complexity index is 721. The molecule has 0 spiro atoms. The second kappa shape index (κ2) is 6.02. The highest BCUT2D eigenvalue weighted by atomic mass is 32.2. The molecule has 0 saturated heterocycles. The Labute approximate surface area is 123 Å². The lowest BCUT2D eigenvalue weighted by atomic mass is 10.1. The smallest absolute Gasteiger partial charge is 0.0346 e. The third kappa shape index (κ3) is 2.97. The van der Waals surface area contributed by atoms with Gasteiger partial charge in [-0.2, -0.15) is 0 Å². The summed E-state index contributed by atoms with van der Waals surface area (Å²) in [5, 5.41) is 2.60. The zero-order chi connectivity index (χ0) is 13.8. The standard InChI is InChI=1S/C18H17NS/c19-18-8-4-3-6-15(18)11-12-20-17-10-9-14-5-1-2-7-16(14)13-17/h1-10,13H,11-12,19H2. The maximum Gasteiger partial charge on any atom is 0.0346 e. The summed E-state index contributed by atoms with van der Waals surface area (Å²) in [6.07, 6.45) is 1.00. The predicted molar refractivity (Wildman–Crippen MR) is 89.2 cm³/mol. The monoisotopic (exact) mass is 279 g/mol. The fourth-order valence-corrected chi connectivity index (χ4v) is 3.23. The van der Waals surface area contributed by atoms with E-state index >= 15 is 0 Å². The number of anilines is 1. The molecule has 2 N–H and O–H groups in total. The number of aryl methyl sites for hydroxylation is 1. The van der Waals surface area contributed by atoms with E-state index < -0.39 is 0 Å². The maximum atomic E-state index is 5.97. The molecule has 0 saturated carbocycles. The zero-order valence-electron chi connectivity index (χ0n) is 11.3. The third-order valence-electron chi connectivity index (χ3n) is 3.42. The number of thioether (sulfide) groups is 1. The van der Waals surface area contributed by atoms with Crippen LogP contribution >= 0.6 is 11.8 Å². The van der Waals surface area contributed by atoms with Gasteiger partial charge >= 0.3 is 0 Å². The summed E-state index contributed by atoms with van der Waals surface area (Å²) in [5.74, 6) is 1.05. The van der Waals surface area contributed by atoms with Crippen LogP contribution in [0.1, 0.15) is 5.56 Å². The Morgan fingerprint density at radius 1 is 0.800 bits per heavy atom. The largest absolute Gasteiger partial charge is 0.399 e. The van der Waals surface area contributed by atoms with Gasteiger partial charge in [-0.3, -0.25) is 0 Å². The minimum Gasteiger partial charge on any atom is -0.399 e. The molecule has 0 bridgehead atoms. The van der Waals surface area contributed by atoms with Crippen molar-refractivity contribution >= 4 is 28.2 Å². The fourth-order valence-electron chi connectivity index (χ4n) is 2.30. The van der Waals surface area contributed by atoms with Crippen molar-refractivity contribution in [3.8, 4) is 0 Å². The van der Waals surface area contributed by atoms with Crippen molar-refractivity contribution < 1.29 is 0 Å². The number of benzene rings is 3. The summed E-state index contributed by atoms with van der Waals surface area (Å²) in [7, 11) is 0. The molecule has 0 radical (unpaired) electrons. The predicted octanol–water partition coefficient (Wildman–Crippen LogP) is 4.76. The van der Waals surface area contributed by atoms with Crippen LogP contribution in [-0.4, -0.2) is 5.75 Å². The third-order valence-corrected chi connectivity index (χ3v) is 4.41. The molecule has 0 aliphatic rings. The molecule has 3 aromatic rings. The Kier molecular flexibility index (Phi) is 3.93. The van der Waals surface area contributed by atoms with Crippen molar-refractivity contribution in [2.75, 3.05) is 11.5 Å². The molecule has 3 aromatic carbocycles. The van der Waals surface area contributed by atoms with Gasteiger partial charge in [-0.25, -0.2) is 0 Å². The summed E-state index contributed by atoms with van der Waals surface area (Å²) in [4.78, 5) is 1.32. The van der Waals surface area contributed by atoms with Crippen LogP contribution in [0.15, 0.2) is 71.6 Å². The van der Waals surface area contributed by atoms with Gasteiger partial charge in [-0.15, -0.1) is 11.8 Å². The van der Waals surface area contributed by atoms with Crippen LogP contribution in [0.25, 0.3) is 10.8 Å². The van der Waals surface area contributed by atoms with Crippen LogP contribution in [0.2, 0.25) is 0 Å². The molecule has 1 nitrogen and oxygen atoms in total. The van der Waals surface area contributed by atoms with Crippen LogP contribution in [0.5, 0.6) is 0 Å². The zero-order valence-corrected chi connectivity index (χ0v) is 12.1. The number of rotatable bonds is 4. The molecule has 0 atom stereocenters. The first-order valence-corrected chi connectivity index (χ1v) is 7.76. The van der Waals surface area contributed by atoms with Crippen molar-refractivity contribution in [3.05, 3.63) is 72.3 Å². The van der Waals surface area contributed by atoms with Crippen LogP contribution in [0, 0.1) is 0 Å². The van der Waals surface area contributed by atoms with E-state index in [9.17, 15) is 0 Å². The van der Waals surface area contributed by atoms with Crippen LogP contribution < -0.4 is 5.73 Å². The van der Waals surface area contributed by atoms with Gasteiger partial charge in [0.1, 0.15) is 0 Å². The van der Waals surface area contributed by atoms with E-state index in [1.54, 1.807) is 0 Å². The van der Waals surface area contributed by atoms with Gasteiger partial charge in [0.15, 0.2) is 0 Å². The highest BCUT2D eigenvalue weighted by Crippen LogP contribution is 2.25. The lowest BCUT2D eigenvalue weighted by molar-refractivity contribution is 1.16. The average Bonchev–Trinajstić information content (AvgIpc) is 2.49. The molecule has 0 aliphatic carbocycles. The molecule has 100 valence electrons. The molecule has 0 amide bonds. The lowest BCUT2D eigenvalue weighted by Crippen LogP contribution is -1.95. The van der Waals surface area contributed by atoms with Gasteiger partial charge in [0, 0.05) is 16.3 Å². The molecule has 20 heavy (non-hydrogen) atoms. The number of hydrogen-bond acceptors (Lipinski definition) is 2. The van der Waals surface area contributed by atoms with Crippen molar-refractivity contribution in [1.82, 2.24) is 0 Å². The number of fused-ring (bicyclic) bond motifs is 1. The van der Waals surface area contributed by atoms with E-state index in [2.05, 4.69) is 48.5 Å². The lowest BCUT2D eigenvalue weighted by Gasteiger charge is -2.06. The second-order valence-corrected chi connectivity index (χ2v) is 5.97. The van der Waals surface area contributed by atoms with Crippen LogP contribution in [0.4, 0.5) is 5.69 Å². The van der Waals surface area contributed by atoms with Gasteiger partial charge < -0.3 is 5.73 Å². The highest BCUT2D eigenvalue weighted by molar-refractivity contribution is 7.99. The molecule has 2 heteroatoms. The van der Waals surface area contributed by atoms with E-state index in [1.165, 1.54) is 21.2 Å². The first kappa shape index (κ1) is 13.1. The fraction of sp³-hybridized carbons (Fsp3) is 0.111. The van der Waals surface area contributed by atoms with Crippen molar-refractivity contribution in [3.63, 3.8) is 0 Å². The minimum absolute atomic E-state index is 0.895. The van der Waals surface area contributed by atoms with E-state index in [1.807, 2.05) is 30.0 Å². The van der Waals surface area contributed by atoms with E-state index in [4.69, 9.17) is 5.73 Å². The molecule has 3 rings (SSSR count). The molecule has 0 heterocycles. The number of nitrogen functional groups attached to an aromatic ring is 1. The first-order valence-electron chi connectivity index (χ1n) is 6.78. The van der Waals surface area contributed by atoms with Crippen LogP contribution in [0.3, 0.4) is 0 Å². The van der Waals surface area contributed by atoms with Crippen molar-refractivity contribution in [2.24, 2.45) is 0 Å². The average molecular weight is 279 g/mol. The quantitative estimate of drug-likeness (QED) is 0.550. The van der Waals surface area contributed by atoms with Gasteiger partial charge in [0.25, 0.3) is 0 Å².